The monoisotopic (exact) mass is 240 g/mol. The highest BCUT2D eigenvalue weighted by atomic mass is 35.5. The number of carboxylic acids is 1. The van der Waals surface area contributed by atoms with Crippen molar-refractivity contribution in [3.8, 4) is 0 Å². The van der Waals surface area contributed by atoms with Gasteiger partial charge in [-0.25, -0.2) is 9.78 Å². The van der Waals surface area contributed by atoms with E-state index >= 15 is 0 Å². The Balaban J connectivity index is 2.65. The third kappa shape index (κ3) is 1.75. The lowest BCUT2D eigenvalue weighted by molar-refractivity contribution is -0.146. The summed E-state index contributed by atoms with van der Waals surface area (Å²) < 4.78 is 0. The summed E-state index contributed by atoms with van der Waals surface area (Å²) in [5.41, 5.74) is 2.09. The van der Waals surface area contributed by atoms with Crippen LogP contribution in [0.2, 0.25) is 0 Å². The number of aliphatic hydroxyl groups is 1. The number of nitrogens with zero attached hydrogens (tertiary/aromatic N) is 1. The molecular weight excluding hydrogens is 232 g/mol. The average molecular weight is 241 g/mol. The predicted molar refractivity (Wildman–Crippen MR) is 58.2 cm³/mol. The molecule has 1 atom stereocenters. The van der Waals surface area contributed by atoms with Gasteiger partial charge in [-0.15, -0.1) is 11.6 Å². The van der Waals surface area contributed by atoms with Crippen LogP contribution in [0.5, 0.6) is 0 Å². The summed E-state index contributed by atoms with van der Waals surface area (Å²) in [4.78, 5) is 17.6. The van der Waals surface area contributed by atoms with E-state index in [0.717, 1.165) is 5.56 Å². The molecule has 5 nitrogen and oxygen atoms in total. The zero-order valence-corrected chi connectivity index (χ0v) is 8.90. The first kappa shape index (κ1) is 10.9. The van der Waals surface area contributed by atoms with Crippen molar-refractivity contribution >= 4 is 28.6 Å². The fraction of sp³-hybridized carbons (Fsp3) is 0.200. The molecule has 2 aromatic rings. The van der Waals surface area contributed by atoms with Gasteiger partial charge in [-0.05, 0) is 17.7 Å². The van der Waals surface area contributed by atoms with Gasteiger partial charge >= 0.3 is 5.97 Å². The van der Waals surface area contributed by atoms with Crippen LogP contribution in [-0.2, 0) is 10.7 Å². The van der Waals surface area contributed by atoms with Crippen molar-refractivity contribution in [3.05, 3.63) is 29.6 Å². The second-order valence-electron chi connectivity index (χ2n) is 3.36. The van der Waals surface area contributed by atoms with Crippen molar-refractivity contribution in [1.82, 2.24) is 9.97 Å². The van der Waals surface area contributed by atoms with Crippen LogP contribution < -0.4 is 0 Å². The molecule has 0 spiro atoms. The van der Waals surface area contributed by atoms with Crippen LogP contribution in [0.3, 0.4) is 0 Å². The molecule has 0 radical (unpaired) electrons. The van der Waals surface area contributed by atoms with Gasteiger partial charge in [0.1, 0.15) is 0 Å². The number of nitrogens with one attached hydrogen (secondary N) is 1. The Morgan fingerprint density at radius 3 is 2.94 bits per heavy atom. The van der Waals surface area contributed by atoms with E-state index in [9.17, 15) is 9.90 Å². The summed E-state index contributed by atoms with van der Waals surface area (Å²) in [7, 11) is 0. The Hall–Kier alpha value is -1.59. The van der Waals surface area contributed by atoms with Crippen LogP contribution in [0.25, 0.3) is 11.0 Å². The minimum absolute atomic E-state index is 0.244. The molecular formula is C10H9ClN2O3. The number of alkyl halides is 1. The molecule has 6 heteroatoms. The lowest BCUT2D eigenvalue weighted by Gasteiger charge is -2.08. The van der Waals surface area contributed by atoms with Crippen LogP contribution in [0, 0.1) is 0 Å². The van der Waals surface area contributed by atoms with E-state index in [2.05, 4.69) is 9.97 Å². The van der Waals surface area contributed by atoms with E-state index in [1.54, 1.807) is 12.1 Å². The SMILES string of the molecule is O=C(O)C(O)c1cc(CCl)cc2[nH]cnc12. The number of H-pyrrole nitrogens is 1. The van der Waals surface area contributed by atoms with E-state index in [-0.39, 0.29) is 11.4 Å². The lowest BCUT2D eigenvalue weighted by Crippen LogP contribution is -2.11. The quantitative estimate of drug-likeness (QED) is 0.708. The largest absolute Gasteiger partial charge is 0.479 e. The molecule has 16 heavy (non-hydrogen) atoms. The number of rotatable bonds is 3. The summed E-state index contributed by atoms with van der Waals surface area (Å²) in [6, 6.07) is 3.32. The third-order valence-electron chi connectivity index (χ3n) is 2.30. The minimum atomic E-state index is -1.59. The summed E-state index contributed by atoms with van der Waals surface area (Å²) in [6.45, 7) is 0. The molecule has 0 bridgehead atoms. The normalized spacial score (nSPS) is 12.9. The highest BCUT2D eigenvalue weighted by Crippen LogP contribution is 2.24. The number of hydrogen-bond donors (Lipinski definition) is 3. The number of carbonyl (C=O) groups is 1. The van der Waals surface area contributed by atoms with Crippen molar-refractivity contribution in [2.24, 2.45) is 0 Å². The summed E-state index contributed by atoms with van der Waals surface area (Å²) >= 11 is 5.69. The van der Waals surface area contributed by atoms with Crippen LogP contribution in [0.4, 0.5) is 0 Å². The van der Waals surface area contributed by atoms with Gasteiger partial charge in [0.2, 0.25) is 0 Å². The first-order valence-corrected chi connectivity index (χ1v) is 5.09. The zero-order chi connectivity index (χ0) is 11.7. The second kappa shape index (κ2) is 4.11. The number of aliphatic carboxylic acids is 1. The summed E-state index contributed by atoms with van der Waals surface area (Å²) in [5, 5.41) is 18.3. The Bertz CT molecular complexity index is 538. The average Bonchev–Trinajstić information content (AvgIpc) is 2.74. The van der Waals surface area contributed by atoms with Gasteiger partial charge in [0.05, 0.1) is 17.4 Å². The van der Waals surface area contributed by atoms with Crippen LogP contribution >= 0.6 is 11.6 Å². The molecule has 0 aliphatic heterocycles. The predicted octanol–water partition coefficient (Wildman–Crippen LogP) is 1.42. The molecule has 1 aromatic carbocycles. The number of fused-ring (bicyclic) bond motifs is 1. The Labute approximate surface area is 95.7 Å². The number of aromatic nitrogens is 2. The molecule has 1 aromatic heterocycles. The van der Waals surface area contributed by atoms with E-state index in [0.29, 0.717) is 11.0 Å². The van der Waals surface area contributed by atoms with E-state index in [1.165, 1.54) is 6.33 Å². The van der Waals surface area contributed by atoms with Crippen LogP contribution in [0.15, 0.2) is 18.5 Å². The molecule has 84 valence electrons. The minimum Gasteiger partial charge on any atom is -0.479 e. The van der Waals surface area contributed by atoms with Gasteiger partial charge < -0.3 is 15.2 Å². The van der Waals surface area contributed by atoms with Crippen molar-refractivity contribution < 1.29 is 15.0 Å². The Morgan fingerprint density at radius 2 is 2.31 bits per heavy atom. The number of aromatic amines is 1. The highest BCUT2D eigenvalue weighted by molar-refractivity contribution is 6.17. The Morgan fingerprint density at radius 1 is 1.56 bits per heavy atom. The van der Waals surface area contributed by atoms with Crippen LogP contribution in [0.1, 0.15) is 17.2 Å². The van der Waals surface area contributed by atoms with Gasteiger partial charge in [0.25, 0.3) is 0 Å². The molecule has 3 N–H and O–H groups in total. The smallest absolute Gasteiger partial charge is 0.337 e. The fourth-order valence-electron chi connectivity index (χ4n) is 1.56. The molecule has 0 saturated carbocycles. The highest BCUT2D eigenvalue weighted by Gasteiger charge is 2.20. The maximum atomic E-state index is 10.7. The van der Waals surface area contributed by atoms with Gasteiger partial charge in [0, 0.05) is 11.4 Å². The second-order valence-corrected chi connectivity index (χ2v) is 3.63. The maximum Gasteiger partial charge on any atom is 0.337 e. The van der Waals surface area contributed by atoms with Gasteiger partial charge in [-0.3, -0.25) is 0 Å². The van der Waals surface area contributed by atoms with Crippen molar-refractivity contribution in [2.75, 3.05) is 0 Å². The molecule has 0 amide bonds. The van der Waals surface area contributed by atoms with Gasteiger partial charge in [-0.2, -0.15) is 0 Å². The first-order chi connectivity index (χ1) is 7.63. The van der Waals surface area contributed by atoms with Crippen molar-refractivity contribution in [3.63, 3.8) is 0 Å². The van der Waals surface area contributed by atoms with Crippen molar-refractivity contribution in [1.29, 1.82) is 0 Å². The molecule has 0 fully saturated rings. The summed E-state index contributed by atoms with van der Waals surface area (Å²) in [6.07, 6.45) is -0.144. The zero-order valence-electron chi connectivity index (χ0n) is 8.14. The van der Waals surface area contributed by atoms with E-state index < -0.39 is 12.1 Å². The van der Waals surface area contributed by atoms with Crippen LogP contribution in [-0.4, -0.2) is 26.2 Å². The fourth-order valence-corrected chi connectivity index (χ4v) is 1.71. The number of carboxylic acid groups (broad SMARTS) is 1. The molecule has 1 heterocycles. The van der Waals surface area contributed by atoms with Crippen molar-refractivity contribution in [2.45, 2.75) is 12.0 Å². The van der Waals surface area contributed by atoms with E-state index in [1.807, 2.05) is 0 Å². The first-order valence-electron chi connectivity index (χ1n) is 4.56. The topological polar surface area (TPSA) is 86.2 Å². The maximum absolute atomic E-state index is 10.7. The molecule has 0 aliphatic rings. The third-order valence-corrected chi connectivity index (χ3v) is 2.60. The van der Waals surface area contributed by atoms with E-state index in [4.69, 9.17) is 16.7 Å². The number of aliphatic hydroxyl groups excluding tert-OH is 1. The number of benzene rings is 1. The number of imidazole rings is 1. The number of halogens is 1. The lowest BCUT2D eigenvalue weighted by atomic mass is 10.0. The van der Waals surface area contributed by atoms with Gasteiger partial charge in [-0.1, -0.05) is 0 Å². The molecule has 1 unspecified atom stereocenters. The Kier molecular flexibility index (Phi) is 2.80. The standard InChI is InChI=1S/C10H9ClN2O3/c11-3-5-1-6(9(14)10(15)16)8-7(2-5)12-4-13-8/h1-2,4,9,14H,3H2,(H,12,13)(H,15,16). The summed E-state index contributed by atoms with van der Waals surface area (Å²) in [5.74, 6) is -1.06. The molecule has 0 aliphatic carbocycles. The molecule has 0 saturated heterocycles. The molecule has 2 rings (SSSR count). The number of hydrogen-bond acceptors (Lipinski definition) is 3. The van der Waals surface area contributed by atoms with Gasteiger partial charge in [0.15, 0.2) is 6.10 Å².